The monoisotopic (exact) mass is 276 g/mol. The number of hydrogen-bond donors (Lipinski definition) is 0. The molecule has 0 aromatic rings. The molecular formula is C13H25BrO. The first-order chi connectivity index (χ1) is 6.91. The third kappa shape index (κ3) is 4.07. The summed E-state index contributed by atoms with van der Waals surface area (Å²) in [6.45, 7) is 8.77. The van der Waals surface area contributed by atoms with E-state index in [4.69, 9.17) is 4.74 Å². The molecule has 15 heavy (non-hydrogen) atoms. The summed E-state index contributed by atoms with van der Waals surface area (Å²) in [5.74, 6) is 0.931. The van der Waals surface area contributed by atoms with Crippen molar-refractivity contribution in [3.05, 3.63) is 0 Å². The second kappa shape index (κ2) is 5.18. The molecule has 2 heteroatoms. The minimum absolute atomic E-state index is 0.0210. The quantitative estimate of drug-likeness (QED) is 0.688. The molecule has 0 spiro atoms. The second-order valence-electron chi connectivity index (χ2n) is 5.88. The van der Waals surface area contributed by atoms with Crippen LogP contribution in [0, 0.1) is 5.92 Å². The maximum absolute atomic E-state index is 6.26. The van der Waals surface area contributed by atoms with Crippen LogP contribution in [0.25, 0.3) is 0 Å². The first-order valence-corrected chi connectivity index (χ1v) is 7.29. The van der Waals surface area contributed by atoms with E-state index in [1.807, 2.05) is 0 Å². The Morgan fingerprint density at radius 1 is 1.27 bits per heavy atom. The summed E-state index contributed by atoms with van der Waals surface area (Å²) in [7, 11) is 0. The molecule has 1 rings (SSSR count). The van der Waals surface area contributed by atoms with Crippen molar-refractivity contribution in [1.29, 1.82) is 0 Å². The van der Waals surface area contributed by atoms with E-state index < -0.39 is 0 Å². The minimum Gasteiger partial charge on any atom is -0.369 e. The molecule has 0 radical (unpaired) electrons. The molecule has 0 heterocycles. The van der Waals surface area contributed by atoms with Gasteiger partial charge in [0.1, 0.15) is 0 Å². The van der Waals surface area contributed by atoms with Crippen LogP contribution in [0.5, 0.6) is 0 Å². The zero-order chi connectivity index (χ0) is 11.5. The van der Waals surface area contributed by atoms with Crippen molar-refractivity contribution in [3.63, 3.8) is 0 Å². The zero-order valence-electron chi connectivity index (χ0n) is 10.6. The van der Waals surface area contributed by atoms with Crippen molar-refractivity contribution >= 4 is 15.9 Å². The molecule has 1 fully saturated rings. The molecule has 1 aliphatic carbocycles. The van der Waals surface area contributed by atoms with E-state index in [1.165, 1.54) is 32.1 Å². The van der Waals surface area contributed by atoms with E-state index in [0.29, 0.717) is 0 Å². The number of hydrogen-bond acceptors (Lipinski definition) is 1. The maximum atomic E-state index is 6.26. The fourth-order valence-corrected chi connectivity index (χ4v) is 3.20. The van der Waals surface area contributed by atoms with Crippen LogP contribution >= 0.6 is 15.9 Å². The molecule has 0 unspecified atom stereocenters. The molecule has 0 amide bonds. The van der Waals surface area contributed by atoms with Gasteiger partial charge in [-0.15, -0.1) is 0 Å². The molecule has 0 aromatic heterocycles. The zero-order valence-corrected chi connectivity index (χ0v) is 12.2. The number of alkyl halides is 1. The van der Waals surface area contributed by atoms with Crippen LogP contribution in [-0.4, -0.2) is 16.5 Å². The highest BCUT2D eigenvalue weighted by atomic mass is 79.9. The van der Waals surface area contributed by atoms with Crippen molar-refractivity contribution in [2.75, 3.05) is 5.33 Å². The number of halogens is 1. The Bertz CT molecular complexity index is 187. The average molecular weight is 277 g/mol. The van der Waals surface area contributed by atoms with Crippen LogP contribution in [-0.2, 0) is 4.74 Å². The van der Waals surface area contributed by atoms with Gasteiger partial charge in [0.25, 0.3) is 0 Å². The van der Waals surface area contributed by atoms with Crippen molar-refractivity contribution < 1.29 is 4.74 Å². The molecule has 0 saturated heterocycles. The van der Waals surface area contributed by atoms with Crippen LogP contribution in [0.3, 0.4) is 0 Å². The molecule has 1 saturated carbocycles. The SMILES string of the molecule is CCC1CCC(CBr)(OC(C)(C)C)CC1. The van der Waals surface area contributed by atoms with E-state index in [2.05, 4.69) is 43.6 Å². The molecule has 0 atom stereocenters. The van der Waals surface area contributed by atoms with Crippen LogP contribution in [0.4, 0.5) is 0 Å². The molecule has 1 aliphatic rings. The smallest absolute Gasteiger partial charge is 0.0786 e. The van der Waals surface area contributed by atoms with Gasteiger partial charge in [0.15, 0.2) is 0 Å². The largest absolute Gasteiger partial charge is 0.369 e. The summed E-state index contributed by atoms with van der Waals surface area (Å²) in [6, 6.07) is 0. The lowest BCUT2D eigenvalue weighted by Gasteiger charge is -2.43. The minimum atomic E-state index is -0.0210. The number of rotatable bonds is 3. The van der Waals surface area contributed by atoms with Crippen molar-refractivity contribution in [2.45, 2.75) is 71.0 Å². The molecule has 0 bridgehead atoms. The normalized spacial score (nSPS) is 33.0. The van der Waals surface area contributed by atoms with Gasteiger partial charge in [-0.25, -0.2) is 0 Å². The van der Waals surface area contributed by atoms with E-state index in [-0.39, 0.29) is 11.2 Å². The maximum Gasteiger partial charge on any atom is 0.0786 e. The Balaban J connectivity index is 2.56. The summed E-state index contributed by atoms with van der Waals surface area (Å²) >= 11 is 3.64. The topological polar surface area (TPSA) is 9.23 Å². The molecule has 0 N–H and O–H groups in total. The van der Waals surface area contributed by atoms with E-state index >= 15 is 0 Å². The first-order valence-electron chi connectivity index (χ1n) is 6.17. The van der Waals surface area contributed by atoms with Gasteiger partial charge >= 0.3 is 0 Å². The Morgan fingerprint density at radius 2 is 1.80 bits per heavy atom. The standard InChI is InChI=1S/C13H25BrO/c1-5-11-6-8-13(10-14,9-7-11)15-12(2,3)4/h11H,5-10H2,1-4H3. The van der Waals surface area contributed by atoms with E-state index in [0.717, 1.165) is 11.2 Å². The first kappa shape index (κ1) is 13.5. The average Bonchev–Trinajstić information content (AvgIpc) is 2.16. The van der Waals surface area contributed by atoms with Crippen LogP contribution < -0.4 is 0 Å². The predicted molar refractivity (Wildman–Crippen MR) is 69.6 cm³/mol. The molecule has 0 aliphatic heterocycles. The van der Waals surface area contributed by atoms with Crippen LogP contribution in [0.1, 0.15) is 59.8 Å². The van der Waals surface area contributed by atoms with Gasteiger partial charge in [-0.05, 0) is 52.4 Å². The lowest BCUT2D eigenvalue weighted by molar-refractivity contribution is -0.139. The fourth-order valence-electron chi connectivity index (χ4n) is 2.52. The summed E-state index contributed by atoms with van der Waals surface area (Å²) in [4.78, 5) is 0. The lowest BCUT2D eigenvalue weighted by atomic mass is 9.78. The fraction of sp³-hybridized carbons (Fsp3) is 1.00. The van der Waals surface area contributed by atoms with Crippen LogP contribution in [0.15, 0.2) is 0 Å². The summed E-state index contributed by atoms with van der Waals surface area (Å²) in [5, 5.41) is 0.980. The van der Waals surface area contributed by atoms with Gasteiger partial charge in [-0.3, -0.25) is 0 Å². The highest BCUT2D eigenvalue weighted by molar-refractivity contribution is 9.09. The van der Waals surface area contributed by atoms with Gasteiger partial charge in [0.2, 0.25) is 0 Å². The predicted octanol–water partition coefficient (Wildman–Crippen LogP) is 4.54. The van der Waals surface area contributed by atoms with Crippen molar-refractivity contribution in [3.8, 4) is 0 Å². The van der Waals surface area contributed by atoms with Gasteiger partial charge < -0.3 is 4.74 Å². The summed E-state index contributed by atoms with van der Waals surface area (Å²) in [6.07, 6.45) is 6.42. The highest BCUT2D eigenvalue weighted by Crippen LogP contribution is 2.39. The van der Waals surface area contributed by atoms with Crippen molar-refractivity contribution in [2.24, 2.45) is 5.92 Å². The molecule has 1 nitrogen and oxygen atoms in total. The third-order valence-corrected chi connectivity index (χ3v) is 4.38. The van der Waals surface area contributed by atoms with Gasteiger partial charge in [0.05, 0.1) is 11.2 Å². The summed E-state index contributed by atoms with van der Waals surface area (Å²) in [5.41, 5.74) is 0.0801. The summed E-state index contributed by atoms with van der Waals surface area (Å²) < 4.78 is 6.26. The Morgan fingerprint density at radius 3 is 2.13 bits per heavy atom. The highest BCUT2D eigenvalue weighted by Gasteiger charge is 2.37. The molecular weight excluding hydrogens is 252 g/mol. The van der Waals surface area contributed by atoms with Gasteiger partial charge in [-0.2, -0.15) is 0 Å². The Hall–Kier alpha value is 0.440. The Labute approximate surface area is 103 Å². The molecule has 0 aromatic carbocycles. The van der Waals surface area contributed by atoms with Crippen LogP contribution in [0.2, 0.25) is 0 Å². The van der Waals surface area contributed by atoms with Gasteiger partial charge in [-0.1, -0.05) is 29.3 Å². The third-order valence-electron chi connectivity index (χ3n) is 3.36. The van der Waals surface area contributed by atoms with Gasteiger partial charge in [0, 0.05) is 5.33 Å². The lowest BCUT2D eigenvalue weighted by Crippen LogP contribution is -2.44. The van der Waals surface area contributed by atoms with E-state index in [9.17, 15) is 0 Å². The Kier molecular flexibility index (Phi) is 4.66. The molecule has 90 valence electrons. The second-order valence-corrected chi connectivity index (χ2v) is 6.44. The van der Waals surface area contributed by atoms with Crippen molar-refractivity contribution in [1.82, 2.24) is 0 Å². The number of ether oxygens (including phenoxy) is 1. The van der Waals surface area contributed by atoms with E-state index in [1.54, 1.807) is 0 Å².